The lowest BCUT2D eigenvalue weighted by Gasteiger charge is -2.39. The second-order valence-corrected chi connectivity index (χ2v) is 10.7. The molecule has 1 fully saturated rings. The summed E-state index contributed by atoms with van der Waals surface area (Å²) in [6, 6.07) is 14.0. The van der Waals surface area contributed by atoms with Crippen molar-refractivity contribution in [2.24, 2.45) is 0 Å². The predicted octanol–water partition coefficient (Wildman–Crippen LogP) is 3.63. The van der Waals surface area contributed by atoms with E-state index in [1.54, 1.807) is 23.2 Å². The highest BCUT2D eigenvalue weighted by atomic mass is 32.2. The van der Waals surface area contributed by atoms with Crippen LogP contribution in [0, 0.1) is 5.82 Å². The number of nitrogens with zero attached hydrogens (tertiary/aromatic N) is 4. The molecule has 34 heavy (non-hydrogen) atoms. The normalized spacial score (nSPS) is 17.0. The van der Waals surface area contributed by atoms with Crippen molar-refractivity contribution >= 4 is 27.6 Å². The minimum Gasteiger partial charge on any atom is -0.324 e. The number of hydrogen-bond acceptors (Lipinski definition) is 5. The third-order valence-corrected chi connectivity index (χ3v) is 7.73. The zero-order valence-corrected chi connectivity index (χ0v) is 19.4. The van der Waals surface area contributed by atoms with Gasteiger partial charge < -0.3 is 4.90 Å². The summed E-state index contributed by atoms with van der Waals surface area (Å²) in [6.45, 7) is 1.01. The standard InChI is InChI=1S/C24H24FN5O3S/c1-34(32,33)30-16-24(18-8-5-9-19(25)22(18)30)10-12-29(13-11-24)23(31)28-21-15-26-20(14-27-21)17-6-3-2-4-7-17/h2-9,14-15H,10-13,16H2,1H3,(H,27,28,31). The molecular formula is C24H24FN5O3S. The van der Waals surface area contributed by atoms with Gasteiger partial charge in [0.25, 0.3) is 0 Å². The van der Waals surface area contributed by atoms with E-state index in [4.69, 9.17) is 0 Å². The molecule has 1 spiro atoms. The Morgan fingerprint density at radius 2 is 1.76 bits per heavy atom. The number of hydrogen-bond donors (Lipinski definition) is 1. The molecule has 0 unspecified atom stereocenters. The number of piperidine rings is 1. The maximum absolute atomic E-state index is 14.6. The number of nitrogens with one attached hydrogen (secondary N) is 1. The van der Waals surface area contributed by atoms with Crippen molar-refractivity contribution in [2.45, 2.75) is 18.3 Å². The molecule has 2 aliphatic rings. The van der Waals surface area contributed by atoms with Crippen LogP contribution in [0.5, 0.6) is 0 Å². The van der Waals surface area contributed by atoms with E-state index >= 15 is 0 Å². The third-order valence-electron chi connectivity index (χ3n) is 6.62. The monoisotopic (exact) mass is 481 g/mol. The Morgan fingerprint density at radius 3 is 2.41 bits per heavy atom. The van der Waals surface area contributed by atoms with E-state index in [1.807, 2.05) is 30.3 Å². The molecular weight excluding hydrogens is 457 g/mol. The number of sulfonamides is 1. The molecule has 1 aromatic heterocycles. The number of amides is 2. The van der Waals surface area contributed by atoms with Crippen molar-refractivity contribution in [1.82, 2.24) is 14.9 Å². The van der Waals surface area contributed by atoms with Crippen molar-refractivity contribution in [3.8, 4) is 11.3 Å². The zero-order chi connectivity index (χ0) is 23.9. The lowest BCUT2D eigenvalue weighted by Crippen LogP contribution is -2.48. The number of halogens is 1. The molecule has 8 nitrogen and oxygen atoms in total. The fourth-order valence-corrected chi connectivity index (χ4v) is 5.82. The van der Waals surface area contributed by atoms with E-state index < -0.39 is 21.3 Å². The molecule has 3 aromatic rings. The first-order chi connectivity index (χ1) is 16.3. The highest BCUT2D eigenvalue weighted by Gasteiger charge is 2.48. The molecule has 2 amide bonds. The van der Waals surface area contributed by atoms with Crippen molar-refractivity contribution in [3.05, 3.63) is 72.3 Å². The van der Waals surface area contributed by atoms with Crippen molar-refractivity contribution in [2.75, 3.05) is 35.5 Å². The highest BCUT2D eigenvalue weighted by Crippen LogP contribution is 2.48. The zero-order valence-electron chi connectivity index (χ0n) is 18.6. The molecule has 0 radical (unpaired) electrons. The van der Waals surface area contributed by atoms with Crippen molar-refractivity contribution in [3.63, 3.8) is 0 Å². The first-order valence-corrected chi connectivity index (χ1v) is 12.8. The van der Waals surface area contributed by atoms with E-state index in [9.17, 15) is 17.6 Å². The van der Waals surface area contributed by atoms with Gasteiger partial charge in [0.05, 0.1) is 30.0 Å². The van der Waals surface area contributed by atoms with E-state index in [0.717, 1.165) is 16.1 Å². The second-order valence-electron chi connectivity index (χ2n) is 8.76. The van der Waals surface area contributed by atoms with E-state index in [0.29, 0.717) is 43.0 Å². The van der Waals surface area contributed by atoms with Crippen LogP contribution in [0.3, 0.4) is 0 Å². The third kappa shape index (κ3) is 3.98. The average Bonchev–Trinajstić information content (AvgIpc) is 3.16. The van der Waals surface area contributed by atoms with E-state index in [-0.39, 0.29) is 18.3 Å². The van der Waals surface area contributed by atoms with Gasteiger partial charge in [0.1, 0.15) is 5.82 Å². The van der Waals surface area contributed by atoms with Gasteiger partial charge in [-0.3, -0.25) is 14.6 Å². The van der Waals surface area contributed by atoms with Gasteiger partial charge in [-0.05, 0) is 24.5 Å². The lowest BCUT2D eigenvalue weighted by atomic mass is 9.74. The minimum atomic E-state index is -3.62. The number of carbonyl (C=O) groups is 1. The van der Waals surface area contributed by atoms with Crippen LogP contribution in [0.2, 0.25) is 0 Å². The van der Waals surface area contributed by atoms with Gasteiger partial charge in [-0.2, -0.15) is 0 Å². The molecule has 0 saturated carbocycles. The van der Waals surface area contributed by atoms with Gasteiger partial charge in [0, 0.05) is 30.6 Å². The van der Waals surface area contributed by atoms with Crippen LogP contribution in [0.1, 0.15) is 18.4 Å². The number of para-hydroxylation sites is 1. The number of carbonyl (C=O) groups excluding carboxylic acids is 1. The topological polar surface area (TPSA) is 95.5 Å². The molecule has 3 heterocycles. The number of urea groups is 1. The van der Waals surface area contributed by atoms with Gasteiger partial charge >= 0.3 is 6.03 Å². The van der Waals surface area contributed by atoms with Crippen molar-refractivity contribution < 1.29 is 17.6 Å². The van der Waals surface area contributed by atoms with Gasteiger partial charge in [-0.1, -0.05) is 42.5 Å². The number of fused-ring (bicyclic) bond motifs is 2. The average molecular weight is 482 g/mol. The molecule has 1 saturated heterocycles. The summed E-state index contributed by atoms with van der Waals surface area (Å²) in [5, 5.41) is 2.78. The maximum atomic E-state index is 14.6. The Labute approximate surface area is 197 Å². The smallest absolute Gasteiger partial charge is 0.323 e. The van der Waals surface area contributed by atoms with Crippen molar-refractivity contribution in [1.29, 1.82) is 0 Å². The summed E-state index contributed by atoms with van der Waals surface area (Å²) in [5.41, 5.74) is 1.96. The molecule has 176 valence electrons. The Bertz CT molecular complexity index is 1320. The molecule has 0 aliphatic carbocycles. The summed E-state index contributed by atoms with van der Waals surface area (Å²) in [7, 11) is -3.62. The minimum absolute atomic E-state index is 0.136. The first kappa shape index (κ1) is 22.3. The van der Waals surface area contributed by atoms with Crippen LogP contribution in [-0.4, -0.2) is 55.2 Å². The quantitative estimate of drug-likeness (QED) is 0.616. The summed E-state index contributed by atoms with van der Waals surface area (Å²) >= 11 is 0. The summed E-state index contributed by atoms with van der Waals surface area (Å²) < 4.78 is 40.4. The number of benzene rings is 2. The maximum Gasteiger partial charge on any atom is 0.323 e. The first-order valence-electron chi connectivity index (χ1n) is 11.0. The van der Waals surface area contributed by atoms with Crippen LogP contribution >= 0.6 is 0 Å². The van der Waals surface area contributed by atoms with Gasteiger partial charge in [-0.25, -0.2) is 22.6 Å². The molecule has 1 N–H and O–H groups in total. The number of likely N-dealkylation sites (tertiary alicyclic amines) is 1. The second kappa shape index (κ2) is 8.35. The van der Waals surface area contributed by atoms with Crippen LogP contribution in [0.4, 0.5) is 20.7 Å². The van der Waals surface area contributed by atoms with Gasteiger partial charge in [-0.15, -0.1) is 0 Å². The lowest BCUT2D eigenvalue weighted by molar-refractivity contribution is 0.173. The summed E-state index contributed by atoms with van der Waals surface area (Å²) in [6.07, 6.45) is 5.28. The van der Waals surface area contributed by atoms with Gasteiger partial charge in [0.15, 0.2) is 5.82 Å². The number of aromatic nitrogens is 2. The van der Waals surface area contributed by atoms with E-state index in [1.165, 1.54) is 12.3 Å². The Hall–Kier alpha value is -3.53. The Morgan fingerprint density at radius 1 is 1.03 bits per heavy atom. The number of rotatable bonds is 3. The summed E-state index contributed by atoms with van der Waals surface area (Å²) in [4.78, 5) is 23.2. The van der Waals surface area contributed by atoms with E-state index in [2.05, 4.69) is 15.3 Å². The highest BCUT2D eigenvalue weighted by molar-refractivity contribution is 7.92. The Balaban J connectivity index is 1.28. The molecule has 5 rings (SSSR count). The fraction of sp³-hybridized carbons (Fsp3) is 0.292. The SMILES string of the molecule is CS(=O)(=O)N1CC2(CCN(C(=O)Nc3cnc(-c4ccccc4)cn3)CC2)c2cccc(F)c21. The molecule has 0 atom stereocenters. The molecule has 10 heteroatoms. The fourth-order valence-electron chi connectivity index (χ4n) is 4.82. The van der Waals surface area contributed by atoms with Crippen LogP contribution < -0.4 is 9.62 Å². The molecule has 0 bridgehead atoms. The Kier molecular flexibility index (Phi) is 5.47. The summed E-state index contributed by atoms with van der Waals surface area (Å²) in [5.74, 6) is -0.195. The van der Waals surface area contributed by atoms with Gasteiger partial charge in [0.2, 0.25) is 10.0 Å². The van der Waals surface area contributed by atoms with Crippen LogP contribution in [0.15, 0.2) is 60.9 Å². The number of anilines is 2. The largest absolute Gasteiger partial charge is 0.324 e. The predicted molar refractivity (Wildman–Crippen MR) is 128 cm³/mol. The van der Waals surface area contributed by atoms with Crippen LogP contribution in [0.25, 0.3) is 11.3 Å². The molecule has 2 aliphatic heterocycles. The van der Waals surface area contributed by atoms with Crippen LogP contribution in [-0.2, 0) is 15.4 Å². The molecule has 2 aromatic carbocycles.